The van der Waals surface area contributed by atoms with Crippen molar-refractivity contribution in [2.24, 2.45) is 0 Å². The number of hydrogen-bond acceptors (Lipinski definition) is 5. The number of nitrogens with zero attached hydrogens (tertiary/aromatic N) is 3. The normalized spacial score (nSPS) is 10.8. The first-order valence-electron chi connectivity index (χ1n) is 8.10. The fourth-order valence-corrected chi connectivity index (χ4v) is 3.96. The first-order chi connectivity index (χ1) is 12.2. The zero-order valence-electron chi connectivity index (χ0n) is 14.2. The van der Waals surface area contributed by atoms with Crippen LogP contribution in [0.15, 0.2) is 46.9 Å². The van der Waals surface area contributed by atoms with E-state index in [0.717, 1.165) is 33.5 Å². The van der Waals surface area contributed by atoms with Gasteiger partial charge in [-0.2, -0.15) is 0 Å². The molecule has 5 nitrogen and oxygen atoms in total. The predicted molar refractivity (Wildman–Crippen MR) is 103 cm³/mol. The topological polar surface area (TPSA) is 59.8 Å². The van der Waals surface area contributed by atoms with Gasteiger partial charge in [0.15, 0.2) is 11.0 Å². The number of aryl methyl sites for hydroxylation is 1. The summed E-state index contributed by atoms with van der Waals surface area (Å²) in [6.45, 7) is 5.46. The Hall–Kier alpha value is -2.12. The average Bonchev–Trinajstić information content (AvgIpc) is 3.28. The number of carbonyl (C=O) groups is 1. The third-order valence-electron chi connectivity index (χ3n) is 3.79. The summed E-state index contributed by atoms with van der Waals surface area (Å²) in [7, 11) is 0. The van der Waals surface area contributed by atoms with E-state index in [0.29, 0.717) is 12.3 Å². The van der Waals surface area contributed by atoms with Gasteiger partial charge in [0.05, 0.1) is 12.3 Å². The van der Waals surface area contributed by atoms with Gasteiger partial charge in [0.2, 0.25) is 5.91 Å². The van der Waals surface area contributed by atoms with E-state index in [9.17, 15) is 4.79 Å². The predicted octanol–water partition coefficient (Wildman–Crippen LogP) is 3.74. The van der Waals surface area contributed by atoms with Crippen LogP contribution in [0.3, 0.4) is 0 Å². The Bertz CT molecular complexity index is 843. The second-order valence-corrected chi connectivity index (χ2v) is 7.48. The monoisotopic (exact) mass is 372 g/mol. The first kappa shape index (κ1) is 17.7. The Balaban J connectivity index is 1.65. The van der Waals surface area contributed by atoms with Gasteiger partial charge in [-0.25, -0.2) is 0 Å². The lowest BCUT2D eigenvalue weighted by Gasteiger charge is -2.09. The summed E-state index contributed by atoms with van der Waals surface area (Å²) in [6, 6.07) is 12.1. The molecule has 3 rings (SSSR count). The third-order valence-corrected chi connectivity index (χ3v) is 5.63. The summed E-state index contributed by atoms with van der Waals surface area (Å²) in [5, 5.41) is 14.3. The summed E-state index contributed by atoms with van der Waals surface area (Å²) in [5.41, 5.74) is 2.24. The van der Waals surface area contributed by atoms with Crippen LogP contribution in [-0.2, 0) is 17.9 Å². The van der Waals surface area contributed by atoms with E-state index < -0.39 is 0 Å². The number of carbonyl (C=O) groups excluding carboxylic acids is 1. The van der Waals surface area contributed by atoms with Crippen LogP contribution in [0.2, 0.25) is 0 Å². The van der Waals surface area contributed by atoms with Crippen molar-refractivity contribution in [3.05, 3.63) is 52.2 Å². The molecule has 0 saturated heterocycles. The van der Waals surface area contributed by atoms with Crippen molar-refractivity contribution in [1.82, 2.24) is 20.1 Å². The minimum absolute atomic E-state index is 0.00138. The molecule has 0 atom stereocenters. The molecule has 0 fully saturated rings. The minimum atomic E-state index is 0.00138. The Morgan fingerprint density at radius 1 is 1.24 bits per heavy atom. The molecule has 0 saturated carbocycles. The Kier molecular flexibility index (Phi) is 5.88. The van der Waals surface area contributed by atoms with Crippen molar-refractivity contribution >= 4 is 29.0 Å². The van der Waals surface area contributed by atoms with Crippen LogP contribution in [0, 0.1) is 6.92 Å². The summed E-state index contributed by atoms with van der Waals surface area (Å²) < 4.78 is 2.06. The molecule has 1 amide bonds. The van der Waals surface area contributed by atoms with Crippen molar-refractivity contribution in [3.63, 3.8) is 0 Å². The highest BCUT2D eigenvalue weighted by Gasteiger charge is 2.15. The highest BCUT2D eigenvalue weighted by Crippen LogP contribution is 2.26. The van der Waals surface area contributed by atoms with Gasteiger partial charge < -0.3 is 9.88 Å². The van der Waals surface area contributed by atoms with Crippen LogP contribution >= 0.6 is 23.1 Å². The van der Waals surface area contributed by atoms with E-state index in [2.05, 4.69) is 40.0 Å². The van der Waals surface area contributed by atoms with Crippen molar-refractivity contribution in [2.45, 2.75) is 32.1 Å². The third kappa shape index (κ3) is 4.29. The fourth-order valence-electron chi connectivity index (χ4n) is 2.48. The quantitative estimate of drug-likeness (QED) is 0.642. The largest absolute Gasteiger partial charge is 0.350 e. The molecule has 1 N–H and O–H groups in total. The van der Waals surface area contributed by atoms with E-state index in [1.807, 2.05) is 35.7 Å². The Morgan fingerprint density at radius 2 is 2.08 bits per heavy atom. The smallest absolute Gasteiger partial charge is 0.230 e. The molecular formula is C18H20N4OS2. The Labute approximate surface area is 155 Å². The van der Waals surface area contributed by atoms with E-state index >= 15 is 0 Å². The van der Waals surface area contributed by atoms with Crippen molar-refractivity contribution in [1.29, 1.82) is 0 Å². The molecule has 2 aromatic heterocycles. The van der Waals surface area contributed by atoms with Crippen LogP contribution in [0.25, 0.3) is 11.4 Å². The number of amides is 1. The highest BCUT2D eigenvalue weighted by molar-refractivity contribution is 7.99. The zero-order chi connectivity index (χ0) is 17.6. The van der Waals surface area contributed by atoms with Gasteiger partial charge in [0.25, 0.3) is 0 Å². The number of nitrogens with one attached hydrogen (secondary N) is 1. The molecule has 3 aromatic rings. The van der Waals surface area contributed by atoms with Gasteiger partial charge in [-0.1, -0.05) is 42.1 Å². The minimum Gasteiger partial charge on any atom is -0.350 e. The van der Waals surface area contributed by atoms with Gasteiger partial charge >= 0.3 is 0 Å². The molecular weight excluding hydrogens is 352 g/mol. The van der Waals surface area contributed by atoms with E-state index in [4.69, 9.17) is 0 Å². The number of benzene rings is 1. The average molecular weight is 373 g/mol. The van der Waals surface area contributed by atoms with Gasteiger partial charge in [0.1, 0.15) is 0 Å². The van der Waals surface area contributed by atoms with Crippen LogP contribution in [0.4, 0.5) is 0 Å². The molecule has 0 aliphatic heterocycles. The lowest BCUT2D eigenvalue weighted by molar-refractivity contribution is -0.118. The maximum Gasteiger partial charge on any atom is 0.230 e. The van der Waals surface area contributed by atoms with Crippen molar-refractivity contribution in [3.8, 4) is 11.4 Å². The number of aromatic nitrogens is 3. The first-order valence-corrected chi connectivity index (χ1v) is 9.96. The SMILES string of the molecule is CCn1c(SCC(=O)NCc2cccs2)nnc1-c1ccccc1C. The zero-order valence-corrected chi connectivity index (χ0v) is 15.9. The molecule has 25 heavy (non-hydrogen) atoms. The van der Waals surface area contributed by atoms with Gasteiger partial charge in [-0.3, -0.25) is 4.79 Å². The van der Waals surface area contributed by atoms with Crippen LogP contribution in [0.5, 0.6) is 0 Å². The number of rotatable bonds is 7. The highest BCUT2D eigenvalue weighted by atomic mass is 32.2. The second kappa shape index (κ2) is 8.31. The van der Waals surface area contributed by atoms with Gasteiger partial charge in [-0.15, -0.1) is 21.5 Å². The maximum absolute atomic E-state index is 12.1. The number of thiophene rings is 1. The van der Waals surface area contributed by atoms with E-state index in [-0.39, 0.29) is 5.91 Å². The maximum atomic E-state index is 12.1. The van der Waals surface area contributed by atoms with Gasteiger partial charge in [0, 0.05) is 17.0 Å². The number of thioether (sulfide) groups is 1. The summed E-state index contributed by atoms with van der Waals surface area (Å²) in [5.74, 6) is 1.18. The second-order valence-electron chi connectivity index (χ2n) is 5.51. The fraction of sp³-hybridized carbons (Fsp3) is 0.278. The summed E-state index contributed by atoms with van der Waals surface area (Å²) >= 11 is 3.06. The van der Waals surface area contributed by atoms with Gasteiger partial charge in [-0.05, 0) is 30.9 Å². The lowest BCUT2D eigenvalue weighted by Crippen LogP contribution is -2.24. The lowest BCUT2D eigenvalue weighted by atomic mass is 10.1. The Morgan fingerprint density at radius 3 is 2.80 bits per heavy atom. The summed E-state index contributed by atoms with van der Waals surface area (Å²) in [6.07, 6.45) is 0. The molecule has 7 heteroatoms. The van der Waals surface area contributed by atoms with Crippen LogP contribution in [-0.4, -0.2) is 26.4 Å². The number of hydrogen-bond donors (Lipinski definition) is 1. The van der Waals surface area contributed by atoms with E-state index in [1.165, 1.54) is 11.8 Å². The summed E-state index contributed by atoms with van der Waals surface area (Å²) in [4.78, 5) is 13.2. The standard InChI is InChI=1S/C18H20N4OS2/c1-3-22-17(15-9-5-4-7-13(15)2)20-21-18(22)25-12-16(23)19-11-14-8-6-10-24-14/h4-10H,3,11-12H2,1-2H3,(H,19,23). The molecule has 1 aromatic carbocycles. The van der Waals surface area contributed by atoms with Crippen LogP contribution < -0.4 is 5.32 Å². The van der Waals surface area contributed by atoms with Crippen molar-refractivity contribution < 1.29 is 4.79 Å². The molecule has 0 spiro atoms. The molecule has 130 valence electrons. The molecule has 0 radical (unpaired) electrons. The van der Waals surface area contributed by atoms with E-state index in [1.54, 1.807) is 11.3 Å². The van der Waals surface area contributed by atoms with Crippen LogP contribution in [0.1, 0.15) is 17.4 Å². The molecule has 0 aliphatic rings. The molecule has 0 bridgehead atoms. The molecule has 0 unspecified atom stereocenters. The van der Waals surface area contributed by atoms with Crippen molar-refractivity contribution in [2.75, 3.05) is 5.75 Å². The molecule has 2 heterocycles. The molecule has 0 aliphatic carbocycles.